The number of amides is 1. The lowest BCUT2D eigenvalue weighted by Gasteiger charge is -2.12. The number of hydrogen-bond donors (Lipinski definition) is 1. The number of aryl methyl sites for hydroxylation is 3. The second kappa shape index (κ2) is 9.22. The van der Waals surface area contributed by atoms with Crippen molar-refractivity contribution in [2.75, 3.05) is 11.9 Å². The van der Waals surface area contributed by atoms with Crippen molar-refractivity contribution in [2.45, 2.75) is 40.5 Å². The largest absolute Gasteiger partial charge is 0.494 e. The molecular weight excluding hydrogens is 400 g/mol. The van der Waals surface area contributed by atoms with Crippen LogP contribution in [0, 0.1) is 20.8 Å². The molecule has 2 aromatic carbocycles. The highest BCUT2D eigenvalue weighted by Crippen LogP contribution is 2.29. The van der Waals surface area contributed by atoms with Crippen LogP contribution in [0.1, 0.15) is 36.0 Å². The van der Waals surface area contributed by atoms with Gasteiger partial charge in [0.15, 0.2) is 5.65 Å². The minimum atomic E-state index is -0.0327. The number of benzene rings is 2. The third kappa shape index (κ3) is 4.35. The zero-order chi connectivity index (χ0) is 22.7. The maximum atomic E-state index is 12.5. The molecule has 2 aromatic heterocycles. The van der Waals surface area contributed by atoms with Crippen LogP contribution in [0.5, 0.6) is 5.75 Å². The lowest BCUT2D eigenvalue weighted by Crippen LogP contribution is -2.14. The van der Waals surface area contributed by atoms with Crippen molar-refractivity contribution in [3.8, 4) is 16.9 Å². The number of hydrogen-bond acceptors (Lipinski definition) is 4. The monoisotopic (exact) mass is 428 g/mol. The Labute approximate surface area is 188 Å². The Morgan fingerprint density at radius 3 is 2.41 bits per heavy atom. The predicted octanol–water partition coefficient (Wildman–Crippen LogP) is 5.29. The summed E-state index contributed by atoms with van der Waals surface area (Å²) in [5.41, 5.74) is 7.72. The summed E-state index contributed by atoms with van der Waals surface area (Å²) in [4.78, 5) is 17.4. The molecule has 2 heterocycles. The number of carbonyl (C=O) groups is 1. The van der Waals surface area contributed by atoms with Gasteiger partial charge in [-0.1, -0.05) is 30.3 Å². The minimum Gasteiger partial charge on any atom is -0.494 e. The molecule has 0 aliphatic carbocycles. The zero-order valence-electron chi connectivity index (χ0n) is 19.0. The van der Waals surface area contributed by atoms with Crippen LogP contribution in [0.15, 0.2) is 54.6 Å². The number of nitrogens with zero attached hydrogens (tertiary/aromatic N) is 3. The van der Waals surface area contributed by atoms with Gasteiger partial charge in [0.2, 0.25) is 5.91 Å². The van der Waals surface area contributed by atoms with E-state index in [0.29, 0.717) is 19.4 Å². The van der Waals surface area contributed by atoms with E-state index in [0.717, 1.165) is 50.9 Å². The summed E-state index contributed by atoms with van der Waals surface area (Å²) in [5, 5.41) is 7.71. The maximum Gasteiger partial charge on any atom is 0.224 e. The number of carbonyl (C=O) groups excluding carboxylic acids is 1. The Balaban J connectivity index is 1.53. The second-order valence-corrected chi connectivity index (χ2v) is 7.83. The molecule has 0 radical (unpaired) electrons. The highest BCUT2D eigenvalue weighted by molar-refractivity contribution is 5.91. The summed E-state index contributed by atoms with van der Waals surface area (Å²) < 4.78 is 7.35. The summed E-state index contributed by atoms with van der Waals surface area (Å²) in [7, 11) is 0. The summed E-state index contributed by atoms with van der Waals surface area (Å²) in [5.74, 6) is 0.759. The van der Waals surface area contributed by atoms with E-state index in [1.165, 1.54) is 0 Å². The van der Waals surface area contributed by atoms with Gasteiger partial charge < -0.3 is 10.1 Å². The van der Waals surface area contributed by atoms with Gasteiger partial charge in [-0.25, -0.2) is 9.50 Å². The third-order valence-corrected chi connectivity index (χ3v) is 5.61. The first-order valence-corrected chi connectivity index (χ1v) is 10.9. The number of rotatable bonds is 7. The fourth-order valence-electron chi connectivity index (χ4n) is 4.04. The Morgan fingerprint density at radius 1 is 1.00 bits per heavy atom. The summed E-state index contributed by atoms with van der Waals surface area (Å²) in [6.45, 7) is 8.62. The molecule has 6 heteroatoms. The zero-order valence-corrected chi connectivity index (χ0v) is 19.0. The molecule has 0 aliphatic heterocycles. The van der Waals surface area contributed by atoms with Crippen LogP contribution in [0.3, 0.4) is 0 Å². The van der Waals surface area contributed by atoms with E-state index in [9.17, 15) is 4.79 Å². The number of fused-ring (bicyclic) bond motifs is 1. The van der Waals surface area contributed by atoms with Crippen LogP contribution in [-0.2, 0) is 11.2 Å². The van der Waals surface area contributed by atoms with Crippen molar-refractivity contribution in [3.05, 3.63) is 77.2 Å². The molecule has 0 saturated carbocycles. The van der Waals surface area contributed by atoms with E-state index in [1.54, 1.807) is 0 Å². The van der Waals surface area contributed by atoms with Crippen molar-refractivity contribution in [1.29, 1.82) is 0 Å². The Bertz CT molecular complexity index is 1240. The van der Waals surface area contributed by atoms with Crippen LogP contribution in [0.4, 0.5) is 5.69 Å². The van der Waals surface area contributed by atoms with Crippen LogP contribution in [-0.4, -0.2) is 27.1 Å². The molecule has 0 atom stereocenters. The average molecular weight is 429 g/mol. The van der Waals surface area contributed by atoms with Crippen molar-refractivity contribution in [3.63, 3.8) is 0 Å². The van der Waals surface area contributed by atoms with Gasteiger partial charge in [-0.3, -0.25) is 4.79 Å². The summed E-state index contributed by atoms with van der Waals surface area (Å²) in [6, 6.07) is 17.6. The van der Waals surface area contributed by atoms with Gasteiger partial charge in [0, 0.05) is 29.1 Å². The molecule has 0 spiro atoms. The normalized spacial score (nSPS) is 11.0. The molecule has 0 aliphatic rings. The highest BCUT2D eigenvalue weighted by atomic mass is 16.5. The van der Waals surface area contributed by atoms with E-state index in [-0.39, 0.29) is 5.91 Å². The Hall–Kier alpha value is -3.67. The standard InChI is InChI=1S/C26H28N4O2/c1-5-32-22-13-11-21(12-14-22)28-24(31)16-15-23-17(2)27-26-25(20-9-7-6-8-10-20)18(3)29-30(26)19(23)4/h6-14H,5,15-16H2,1-4H3,(H,28,31). The smallest absolute Gasteiger partial charge is 0.224 e. The van der Waals surface area contributed by atoms with Gasteiger partial charge >= 0.3 is 0 Å². The lowest BCUT2D eigenvalue weighted by atomic mass is 10.0. The Kier molecular flexibility index (Phi) is 6.21. The van der Waals surface area contributed by atoms with E-state index in [2.05, 4.69) is 17.4 Å². The van der Waals surface area contributed by atoms with Crippen LogP contribution < -0.4 is 10.1 Å². The molecule has 0 bridgehead atoms. The maximum absolute atomic E-state index is 12.5. The number of anilines is 1. The van der Waals surface area contributed by atoms with Gasteiger partial charge in [0.05, 0.1) is 12.3 Å². The summed E-state index contributed by atoms with van der Waals surface area (Å²) in [6.07, 6.45) is 0.969. The van der Waals surface area contributed by atoms with E-state index in [1.807, 2.05) is 74.7 Å². The molecule has 6 nitrogen and oxygen atoms in total. The fourth-order valence-corrected chi connectivity index (χ4v) is 4.04. The van der Waals surface area contributed by atoms with Crippen LogP contribution in [0.25, 0.3) is 16.8 Å². The minimum absolute atomic E-state index is 0.0327. The SMILES string of the molecule is CCOc1ccc(NC(=O)CCc2c(C)nc3c(-c4ccccc4)c(C)nn3c2C)cc1. The van der Waals surface area contributed by atoms with Crippen molar-refractivity contribution in [1.82, 2.24) is 14.6 Å². The molecule has 32 heavy (non-hydrogen) atoms. The molecule has 4 aromatic rings. The quantitative estimate of drug-likeness (QED) is 0.434. The number of aromatic nitrogens is 3. The first kappa shape index (κ1) is 21.6. The molecule has 1 amide bonds. The van der Waals surface area contributed by atoms with Crippen LogP contribution in [0.2, 0.25) is 0 Å². The highest BCUT2D eigenvalue weighted by Gasteiger charge is 2.18. The molecule has 164 valence electrons. The topological polar surface area (TPSA) is 68.5 Å². The molecular formula is C26H28N4O2. The molecule has 0 unspecified atom stereocenters. The van der Waals surface area contributed by atoms with Gasteiger partial charge in [-0.05, 0) is 69.5 Å². The van der Waals surface area contributed by atoms with Crippen molar-refractivity contribution < 1.29 is 9.53 Å². The fraction of sp³-hybridized carbons (Fsp3) is 0.269. The van der Waals surface area contributed by atoms with Gasteiger partial charge in [-0.15, -0.1) is 0 Å². The van der Waals surface area contributed by atoms with Gasteiger partial charge in [0.1, 0.15) is 5.75 Å². The van der Waals surface area contributed by atoms with E-state index in [4.69, 9.17) is 14.8 Å². The predicted molar refractivity (Wildman–Crippen MR) is 127 cm³/mol. The molecule has 0 fully saturated rings. The number of ether oxygens (including phenoxy) is 1. The first-order valence-electron chi connectivity index (χ1n) is 10.9. The van der Waals surface area contributed by atoms with Crippen molar-refractivity contribution in [2.24, 2.45) is 0 Å². The van der Waals surface area contributed by atoms with E-state index < -0.39 is 0 Å². The number of nitrogens with one attached hydrogen (secondary N) is 1. The lowest BCUT2D eigenvalue weighted by molar-refractivity contribution is -0.116. The van der Waals surface area contributed by atoms with E-state index >= 15 is 0 Å². The first-order chi connectivity index (χ1) is 15.5. The summed E-state index contributed by atoms with van der Waals surface area (Å²) >= 11 is 0. The van der Waals surface area contributed by atoms with Gasteiger partial charge in [-0.2, -0.15) is 5.10 Å². The van der Waals surface area contributed by atoms with Crippen LogP contribution >= 0.6 is 0 Å². The third-order valence-electron chi connectivity index (χ3n) is 5.61. The molecule has 1 N–H and O–H groups in total. The second-order valence-electron chi connectivity index (χ2n) is 7.83. The molecule has 0 saturated heterocycles. The molecule has 4 rings (SSSR count). The Morgan fingerprint density at radius 2 is 1.72 bits per heavy atom. The van der Waals surface area contributed by atoms with Crippen molar-refractivity contribution >= 4 is 17.2 Å². The van der Waals surface area contributed by atoms with Gasteiger partial charge in [0.25, 0.3) is 0 Å². The average Bonchev–Trinajstić information content (AvgIpc) is 3.11.